The van der Waals surface area contributed by atoms with Gasteiger partial charge in [0.25, 0.3) is 0 Å². The maximum atomic E-state index is 14.0. The van der Waals surface area contributed by atoms with E-state index in [9.17, 15) is 13.2 Å². The molecule has 114 valence electrons. The van der Waals surface area contributed by atoms with Crippen LogP contribution in [-0.4, -0.2) is 37.5 Å². The number of nitrogens with zero attached hydrogens (tertiary/aromatic N) is 1. The topological polar surface area (TPSA) is 15.3 Å². The Balaban J connectivity index is 0.00000200. The molecule has 0 radical (unpaired) electrons. The average molecular weight is 374 g/mol. The lowest BCUT2D eigenvalue weighted by molar-refractivity contribution is 0.0725. The van der Waals surface area contributed by atoms with E-state index >= 15 is 0 Å². The Morgan fingerprint density at radius 1 is 1.25 bits per heavy atom. The fourth-order valence-corrected chi connectivity index (χ4v) is 2.74. The summed E-state index contributed by atoms with van der Waals surface area (Å²) in [5.74, 6) is -0.432. The van der Waals surface area contributed by atoms with E-state index in [0.717, 1.165) is 13.1 Å². The second kappa shape index (κ2) is 8.22. The summed E-state index contributed by atoms with van der Waals surface area (Å²) in [5.41, 5.74) is 0.352. The van der Waals surface area contributed by atoms with Crippen molar-refractivity contribution in [2.75, 3.05) is 26.2 Å². The molecule has 0 aliphatic carbocycles. The number of hydrogen-bond donors (Lipinski definition) is 1. The zero-order valence-corrected chi connectivity index (χ0v) is 13.2. The molecular formula is C13H17BrClF3N2. The van der Waals surface area contributed by atoms with Crippen molar-refractivity contribution in [2.24, 2.45) is 0 Å². The third kappa shape index (κ3) is 4.62. The van der Waals surface area contributed by atoms with Gasteiger partial charge in [-0.2, -0.15) is 0 Å². The van der Waals surface area contributed by atoms with Crippen LogP contribution in [0.3, 0.4) is 0 Å². The zero-order valence-electron chi connectivity index (χ0n) is 10.8. The molecule has 0 amide bonds. The largest absolute Gasteiger partial charge is 0.314 e. The molecule has 1 aromatic rings. The Hall–Kier alpha value is -0.300. The van der Waals surface area contributed by atoms with Crippen LogP contribution in [-0.2, 0) is 0 Å². The number of hydrogen-bond acceptors (Lipinski definition) is 2. The van der Waals surface area contributed by atoms with Crippen molar-refractivity contribution >= 4 is 28.3 Å². The second-order valence-electron chi connectivity index (χ2n) is 4.59. The fraction of sp³-hybridized carbons (Fsp3) is 0.538. The molecule has 20 heavy (non-hydrogen) atoms. The van der Waals surface area contributed by atoms with E-state index in [2.05, 4.69) is 21.2 Å². The summed E-state index contributed by atoms with van der Waals surface area (Å²) < 4.78 is 40.1. The van der Waals surface area contributed by atoms with E-state index in [0.29, 0.717) is 23.1 Å². The summed E-state index contributed by atoms with van der Waals surface area (Å²) in [7, 11) is 0. The molecule has 1 N–H and O–H groups in total. The Kier molecular flexibility index (Phi) is 7.29. The molecule has 2 nitrogen and oxygen atoms in total. The van der Waals surface area contributed by atoms with Gasteiger partial charge >= 0.3 is 0 Å². The van der Waals surface area contributed by atoms with Gasteiger partial charge in [-0.1, -0.05) is 22.0 Å². The lowest BCUT2D eigenvalue weighted by Gasteiger charge is -2.35. The van der Waals surface area contributed by atoms with Crippen molar-refractivity contribution in [1.29, 1.82) is 0 Å². The summed E-state index contributed by atoms with van der Waals surface area (Å²) in [6, 6.07) is 4.05. The first-order valence-corrected chi connectivity index (χ1v) is 7.05. The van der Waals surface area contributed by atoms with Crippen molar-refractivity contribution in [3.05, 3.63) is 34.1 Å². The lowest BCUT2D eigenvalue weighted by Crippen LogP contribution is -2.45. The maximum absolute atomic E-state index is 14.0. The van der Waals surface area contributed by atoms with Crippen LogP contribution in [0.15, 0.2) is 22.7 Å². The van der Waals surface area contributed by atoms with Gasteiger partial charge in [0, 0.05) is 48.7 Å². The van der Waals surface area contributed by atoms with E-state index < -0.39 is 18.3 Å². The van der Waals surface area contributed by atoms with Crippen molar-refractivity contribution in [1.82, 2.24) is 10.2 Å². The summed E-state index contributed by atoms with van der Waals surface area (Å²) in [5, 5.41) is 3.17. The first-order valence-electron chi connectivity index (χ1n) is 6.26. The molecule has 1 aliphatic heterocycles. The number of halogens is 5. The molecule has 0 unspecified atom stereocenters. The third-order valence-electron chi connectivity index (χ3n) is 3.32. The smallest absolute Gasteiger partial charge is 0.240 e. The summed E-state index contributed by atoms with van der Waals surface area (Å²) in [4.78, 5) is 1.93. The molecule has 7 heteroatoms. The predicted molar refractivity (Wildman–Crippen MR) is 79.2 cm³/mol. The number of benzene rings is 1. The van der Waals surface area contributed by atoms with Crippen molar-refractivity contribution in [3.8, 4) is 0 Å². The number of piperazine rings is 1. The molecule has 1 heterocycles. The summed E-state index contributed by atoms with van der Waals surface area (Å²) >= 11 is 3.18. The molecule has 2 rings (SSSR count). The Bertz CT molecular complexity index is 428. The Morgan fingerprint density at radius 3 is 2.45 bits per heavy atom. The van der Waals surface area contributed by atoms with Gasteiger partial charge in [-0.15, -0.1) is 12.4 Å². The standard InChI is InChI=1S/C13H16BrF3N2.ClH/c14-9-1-2-10(11(15)7-9)12(8-13(16)17)19-5-3-18-4-6-19;/h1-2,7,12-13,18H,3-6,8H2;1H/t12-;/m0./s1. The van der Waals surface area contributed by atoms with Gasteiger partial charge in [0.05, 0.1) is 0 Å². The van der Waals surface area contributed by atoms with Crippen LogP contribution in [0.2, 0.25) is 0 Å². The molecule has 0 bridgehead atoms. The van der Waals surface area contributed by atoms with Crippen LogP contribution in [0.1, 0.15) is 18.0 Å². The van der Waals surface area contributed by atoms with Crippen molar-refractivity contribution in [2.45, 2.75) is 18.9 Å². The van der Waals surface area contributed by atoms with Crippen LogP contribution in [0.4, 0.5) is 13.2 Å². The number of rotatable bonds is 4. The van der Waals surface area contributed by atoms with Gasteiger partial charge in [-0.05, 0) is 12.1 Å². The minimum absolute atomic E-state index is 0. The molecule has 1 aromatic carbocycles. The summed E-state index contributed by atoms with van der Waals surface area (Å²) in [6.45, 7) is 2.82. The molecule has 0 aromatic heterocycles. The highest BCUT2D eigenvalue weighted by atomic mass is 79.9. The first-order chi connectivity index (χ1) is 9.08. The second-order valence-corrected chi connectivity index (χ2v) is 5.51. The van der Waals surface area contributed by atoms with Crippen molar-refractivity contribution in [3.63, 3.8) is 0 Å². The molecule has 1 aliphatic rings. The van der Waals surface area contributed by atoms with Gasteiger partial charge in [-0.3, -0.25) is 4.90 Å². The van der Waals surface area contributed by atoms with E-state index in [1.807, 2.05) is 4.90 Å². The number of nitrogens with one attached hydrogen (secondary N) is 1. The normalized spacial score (nSPS) is 17.9. The van der Waals surface area contributed by atoms with Gasteiger partial charge in [0.1, 0.15) is 5.82 Å². The molecule has 0 saturated carbocycles. The highest BCUT2D eigenvalue weighted by molar-refractivity contribution is 9.10. The van der Waals surface area contributed by atoms with Gasteiger partial charge in [0.2, 0.25) is 6.43 Å². The van der Waals surface area contributed by atoms with Crippen LogP contribution in [0, 0.1) is 5.82 Å². The average Bonchev–Trinajstić information content (AvgIpc) is 2.37. The van der Waals surface area contributed by atoms with Crippen molar-refractivity contribution < 1.29 is 13.2 Å². The van der Waals surface area contributed by atoms with Crippen LogP contribution in [0.25, 0.3) is 0 Å². The minimum Gasteiger partial charge on any atom is -0.314 e. The third-order valence-corrected chi connectivity index (χ3v) is 3.81. The number of alkyl halides is 2. The van der Waals surface area contributed by atoms with E-state index in [-0.39, 0.29) is 18.8 Å². The molecular weight excluding hydrogens is 357 g/mol. The van der Waals surface area contributed by atoms with Crippen LogP contribution in [0.5, 0.6) is 0 Å². The molecule has 1 atom stereocenters. The van der Waals surface area contributed by atoms with Crippen LogP contribution >= 0.6 is 28.3 Å². The quantitative estimate of drug-likeness (QED) is 0.867. The Labute approximate surface area is 131 Å². The summed E-state index contributed by atoms with van der Waals surface area (Å²) in [6.07, 6.45) is -2.78. The van der Waals surface area contributed by atoms with E-state index in [4.69, 9.17) is 0 Å². The highest BCUT2D eigenvalue weighted by Crippen LogP contribution is 2.30. The lowest BCUT2D eigenvalue weighted by atomic mass is 10.0. The van der Waals surface area contributed by atoms with E-state index in [1.165, 1.54) is 6.07 Å². The van der Waals surface area contributed by atoms with Gasteiger partial charge < -0.3 is 5.32 Å². The van der Waals surface area contributed by atoms with Crippen LogP contribution < -0.4 is 5.32 Å². The highest BCUT2D eigenvalue weighted by Gasteiger charge is 2.27. The SMILES string of the molecule is Cl.Fc1cc(Br)ccc1[C@H](CC(F)F)N1CCNCC1. The Morgan fingerprint density at radius 2 is 1.90 bits per heavy atom. The first kappa shape index (κ1) is 17.8. The molecule has 1 saturated heterocycles. The monoisotopic (exact) mass is 372 g/mol. The molecule has 0 spiro atoms. The maximum Gasteiger partial charge on any atom is 0.240 e. The van der Waals surface area contributed by atoms with Gasteiger partial charge in [-0.25, -0.2) is 13.2 Å². The predicted octanol–water partition coefficient (Wildman–Crippen LogP) is 3.61. The fourth-order valence-electron chi connectivity index (χ4n) is 2.41. The molecule has 1 fully saturated rings. The zero-order chi connectivity index (χ0) is 13.8. The van der Waals surface area contributed by atoms with Gasteiger partial charge in [0.15, 0.2) is 0 Å². The van der Waals surface area contributed by atoms with E-state index in [1.54, 1.807) is 12.1 Å². The minimum atomic E-state index is -2.44.